The molecule has 2 heterocycles. The van der Waals surface area contributed by atoms with E-state index in [-0.39, 0.29) is 5.92 Å². The van der Waals surface area contributed by atoms with E-state index in [1.807, 2.05) is 35.0 Å². The average molecular weight is 315 g/mol. The summed E-state index contributed by atoms with van der Waals surface area (Å²) in [5.41, 5.74) is 1.98. The van der Waals surface area contributed by atoms with Crippen LogP contribution in [0.5, 0.6) is 5.75 Å². The standard InChI is InChI=1S/C17H21N3O3/c1-23-16-5-3-2-4-15(16)20-14(6-9-18-20)12-19-10-7-13(8-11-19)17(21)22/h2-6,9,13H,7-8,10-12H2,1H3,(H,21,22). The van der Waals surface area contributed by atoms with Crippen LogP contribution in [0.25, 0.3) is 5.69 Å². The van der Waals surface area contributed by atoms with Gasteiger partial charge >= 0.3 is 5.97 Å². The number of hydrogen-bond acceptors (Lipinski definition) is 4. The Kier molecular flexibility index (Phi) is 4.62. The lowest BCUT2D eigenvalue weighted by atomic mass is 9.97. The van der Waals surface area contributed by atoms with Gasteiger partial charge in [-0.15, -0.1) is 0 Å². The number of carboxylic acid groups (broad SMARTS) is 1. The molecular formula is C17H21N3O3. The Labute approximate surface area is 135 Å². The van der Waals surface area contributed by atoms with Crippen LogP contribution in [-0.2, 0) is 11.3 Å². The molecule has 3 rings (SSSR count). The van der Waals surface area contributed by atoms with E-state index in [0.717, 1.165) is 36.8 Å². The second kappa shape index (κ2) is 6.83. The van der Waals surface area contributed by atoms with E-state index < -0.39 is 5.97 Å². The van der Waals surface area contributed by atoms with E-state index in [2.05, 4.69) is 10.00 Å². The molecule has 0 atom stereocenters. The fraction of sp³-hybridized carbons (Fsp3) is 0.412. The van der Waals surface area contributed by atoms with Gasteiger partial charge in [0.2, 0.25) is 0 Å². The van der Waals surface area contributed by atoms with Gasteiger partial charge in [-0.25, -0.2) is 4.68 Å². The van der Waals surface area contributed by atoms with Crippen molar-refractivity contribution in [3.8, 4) is 11.4 Å². The summed E-state index contributed by atoms with van der Waals surface area (Å²) in [6, 6.07) is 9.78. The largest absolute Gasteiger partial charge is 0.494 e. The molecule has 1 aromatic heterocycles. The molecule has 1 fully saturated rings. The lowest BCUT2D eigenvalue weighted by Crippen LogP contribution is -2.36. The van der Waals surface area contributed by atoms with Gasteiger partial charge in [-0.3, -0.25) is 9.69 Å². The first-order chi connectivity index (χ1) is 11.2. The van der Waals surface area contributed by atoms with Crippen molar-refractivity contribution in [2.75, 3.05) is 20.2 Å². The summed E-state index contributed by atoms with van der Waals surface area (Å²) >= 11 is 0. The molecule has 0 aliphatic carbocycles. The zero-order valence-electron chi connectivity index (χ0n) is 13.2. The number of aliphatic carboxylic acids is 1. The van der Waals surface area contributed by atoms with Crippen LogP contribution in [-0.4, -0.2) is 46.0 Å². The van der Waals surface area contributed by atoms with E-state index >= 15 is 0 Å². The highest BCUT2D eigenvalue weighted by Gasteiger charge is 2.25. The first kappa shape index (κ1) is 15.6. The van der Waals surface area contributed by atoms with E-state index in [1.54, 1.807) is 13.3 Å². The number of ether oxygens (including phenoxy) is 1. The molecule has 1 aliphatic heterocycles. The molecule has 2 aromatic rings. The van der Waals surface area contributed by atoms with Crippen LogP contribution in [0, 0.1) is 5.92 Å². The summed E-state index contributed by atoms with van der Waals surface area (Å²) in [7, 11) is 1.65. The Bertz CT molecular complexity index is 675. The summed E-state index contributed by atoms with van der Waals surface area (Å²) in [5.74, 6) is -0.101. The molecule has 1 aliphatic rings. The van der Waals surface area contributed by atoms with Crippen molar-refractivity contribution in [1.29, 1.82) is 0 Å². The number of piperidine rings is 1. The number of benzene rings is 1. The van der Waals surface area contributed by atoms with E-state index in [4.69, 9.17) is 9.84 Å². The van der Waals surface area contributed by atoms with Crippen LogP contribution in [0.1, 0.15) is 18.5 Å². The third kappa shape index (κ3) is 3.37. The second-order valence-electron chi connectivity index (χ2n) is 5.79. The molecular weight excluding hydrogens is 294 g/mol. The molecule has 0 saturated carbocycles. The quantitative estimate of drug-likeness (QED) is 0.916. The number of methoxy groups -OCH3 is 1. The molecule has 6 heteroatoms. The van der Waals surface area contributed by atoms with Gasteiger partial charge in [0, 0.05) is 12.7 Å². The maximum absolute atomic E-state index is 11.0. The third-order valence-electron chi connectivity index (χ3n) is 4.36. The molecule has 6 nitrogen and oxygen atoms in total. The molecule has 0 spiro atoms. The van der Waals surface area contributed by atoms with Gasteiger partial charge in [-0.05, 0) is 44.1 Å². The zero-order valence-corrected chi connectivity index (χ0v) is 13.2. The van der Waals surface area contributed by atoms with Crippen LogP contribution >= 0.6 is 0 Å². The number of carboxylic acids is 1. The van der Waals surface area contributed by atoms with Crippen molar-refractivity contribution in [3.05, 3.63) is 42.2 Å². The highest BCUT2D eigenvalue weighted by atomic mass is 16.5. The van der Waals surface area contributed by atoms with Gasteiger partial charge in [0.15, 0.2) is 0 Å². The minimum Gasteiger partial charge on any atom is -0.494 e. The Balaban J connectivity index is 1.74. The minimum atomic E-state index is -0.677. The molecule has 1 N–H and O–H groups in total. The number of aromatic nitrogens is 2. The molecule has 1 aromatic carbocycles. The van der Waals surface area contributed by atoms with Crippen LogP contribution in [0.15, 0.2) is 36.5 Å². The van der Waals surface area contributed by atoms with E-state index in [9.17, 15) is 4.79 Å². The van der Waals surface area contributed by atoms with Crippen molar-refractivity contribution in [2.24, 2.45) is 5.92 Å². The molecule has 0 amide bonds. The minimum absolute atomic E-state index is 0.203. The van der Waals surface area contributed by atoms with Crippen molar-refractivity contribution in [1.82, 2.24) is 14.7 Å². The third-order valence-corrected chi connectivity index (χ3v) is 4.36. The fourth-order valence-corrected chi connectivity index (χ4v) is 3.04. The lowest BCUT2D eigenvalue weighted by molar-refractivity contribution is -0.143. The number of carbonyl (C=O) groups is 1. The first-order valence-electron chi connectivity index (χ1n) is 7.80. The normalized spacial score (nSPS) is 16.4. The molecule has 0 radical (unpaired) electrons. The zero-order chi connectivity index (χ0) is 16.2. The van der Waals surface area contributed by atoms with Crippen molar-refractivity contribution < 1.29 is 14.6 Å². The summed E-state index contributed by atoms with van der Waals surface area (Å²) in [6.07, 6.45) is 3.20. The van der Waals surface area contributed by atoms with Crippen molar-refractivity contribution >= 4 is 5.97 Å². The van der Waals surface area contributed by atoms with E-state index in [1.165, 1.54) is 0 Å². The topological polar surface area (TPSA) is 67.6 Å². The number of rotatable bonds is 5. The van der Waals surface area contributed by atoms with Gasteiger partial charge < -0.3 is 9.84 Å². The predicted octanol–water partition coefficient (Wildman–Crippen LogP) is 2.18. The van der Waals surface area contributed by atoms with Gasteiger partial charge in [0.25, 0.3) is 0 Å². The summed E-state index contributed by atoms with van der Waals surface area (Å²) < 4.78 is 7.31. The Morgan fingerprint density at radius 3 is 2.74 bits per heavy atom. The fourth-order valence-electron chi connectivity index (χ4n) is 3.04. The highest BCUT2D eigenvalue weighted by molar-refractivity contribution is 5.70. The van der Waals surface area contributed by atoms with Crippen molar-refractivity contribution in [3.63, 3.8) is 0 Å². The lowest BCUT2D eigenvalue weighted by Gasteiger charge is -2.30. The van der Waals surface area contributed by atoms with Crippen LogP contribution < -0.4 is 4.74 Å². The van der Waals surface area contributed by atoms with Crippen molar-refractivity contribution in [2.45, 2.75) is 19.4 Å². The maximum atomic E-state index is 11.0. The highest BCUT2D eigenvalue weighted by Crippen LogP contribution is 2.24. The van der Waals surface area contributed by atoms with Gasteiger partial charge in [0.05, 0.1) is 18.7 Å². The molecule has 0 bridgehead atoms. The number of likely N-dealkylation sites (tertiary alicyclic amines) is 1. The smallest absolute Gasteiger partial charge is 0.306 e. The molecule has 0 unspecified atom stereocenters. The predicted molar refractivity (Wildman–Crippen MR) is 85.8 cm³/mol. The van der Waals surface area contributed by atoms with Gasteiger partial charge in [-0.1, -0.05) is 12.1 Å². The Hall–Kier alpha value is -2.34. The SMILES string of the molecule is COc1ccccc1-n1nccc1CN1CCC(C(=O)O)CC1. The molecule has 1 saturated heterocycles. The monoisotopic (exact) mass is 315 g/mol. The van der Waals surface area contributed by atoms with E-state index in [0.29, 0.717) is 12.8 Å². The Morgan fingerprint density at radius 2 is 2.04 bits per heavy atom. The second-order valence-corrected chi connectivity index (χ2v) is 5.79. The van der Waals surface area contributed by atoms with Gasteiger partial charge in [0.1, 0.15) is 11.4 Å². The number of nitrogens with zero attached hydrogens (tertiary/aromatic N) is 3. The number of para-hydroxylation sites is 2. The average Bonchev–Trinajstić information content (AvgIpc) is 3.03. The van der Waals surface area contributed by atoms with Crippen LogP contribution in [0.3, 0.4) is 0 Å². The number of hydrogen-bond donors (Lipinski definition) is 1. The molecule has 122 valence electrons. The Morgan fingerprint density at radius 1 is 1.30 bits per heavy atom. The van der Waals surface area contributed by atoms with Gasteiger partial charge in [-0.2, -0.15) is 5.10 Å². The summed E-state index contributed by atoms with van der Waals surface area (Å²) in [6.45, 7) is 2.35. The van der Waals surface area contributed by atoms with Crippen LogP contribution in [0.2, 0.25) is 0 Å². The summed E-state index contributed by atoms with van der Waals surface area (Å²) in [5, 5.41) is 13.5. The summed E-state index contributed by atoms with van der Waals surface area (Å²) in [4.78, 5) is 13.3. The maximum Gasteiger partial charge on any atom is 0.306 e. The first-order valence-corrected chi connectivity index (χ1v) is 7.80. The van der Waals surface area contributed by atoms with Crippen LogP contribution in [0.4, 0.5) is 0 Å². The molecule has 23 heavy (non-hydrogen) atoms.